The molecule has 0 radical (unpaired) electrons. The number of carbonyl (C=O) groups is 1. The largest absolute Gasteiger partial charge is 0.487 e. The molecule has 132 valence electrons. The second kappa shape index (κ2) is 7.30. The van der Waals surface area contributed by atoms with Crippen molar-refractivity contribution in [1.29, 1.82) is 0 Å². The highest BCUT2D eigenvalue weighted by atomic mass is 35.5. The number of carbonyl (C=O) groups excluding carboxylic acids is 1. The molecule has 2 aromatic rings. The smallest absolute Gasteiger partial charge is 0.230 e. The molecule has 0 fully saturated rings. The summed E-state index contributed by atoms with van der Waals surface area (Å²) in [5, 5.41) is 3.87. The number of aryl methyl sites for hydroxylation is 1. The van der Waals surface area contributed by atoms with Crippen LogP contribution >= 0.6 is 23.4 Å². The first-order valence-corrected chi connectivity index (χ1v) is 9.66. The van der Waals surface area contributed by atoms with Gasteiger partial charge in [0.15, 0.2) is 0 Å². The molecule has 25 heavy (non-hydrogen) atoms. The van der Waals surface area contributed by atoms with Crippen LogP contribution in [0, 0.1) is 6.92 Å². The van der Waals surface area contributed by atoms with E-state index in [0.29, 0.717) is 10.8 Å². The van der Waals surface area contributed by atoms with Crippen LogP contribution in [0.4, 0.5) is 0 Å². The van der Waals surface area contributed by atoms with Crippen LogP contribution in [0.3, 0.4) is 0 Å². The standard InChI is InChI=1S/C20H22ClNO2S/c1-13-4-9-16-17(11-20(2,3)24-18(16)10-13)22-19(23)12-25-15-7-5-14(21)6-8-15/h4-10,17H,11-12H2,1-3H3,(H,22,23). The van der Waals surface area contributed by atoms with Gasteiger partial charge >= 0.3 is 0 Å². The predicted molar refractivity (Wildman–Crippen MR) is 104 cm³/mol. The first-order chi connectivity index (χ1) is 11.8. The fraction of sp³-hybridized carbons (Fsp3) is 0.350. The lowest BCUT2D eigenvalue weighted by atomic mass is 9.89. The average Bonchev–Trinajstić information content (AvgIpc) is 2.52. The Morgan fingerprint density at radius 1 is 1.28 bits per heavy atom. The third-order valence-corrected chi connectivity index (χ3v) is 5.41. The molecule has 1 amide bonds. The number of thioether (sulfide) groups is 1. The molecule has 1 N–H and O–H groups in total. The van der Waals surface area contributed by atoms with Crippen molar-refractivity contribution >= 4 is 29.3 Å². The van der Waals surface area contributed by atoms with Gasteiger partial charge in [-0.05, 0) is 56.7 Å². The van der Waals surface area contributed by atoms with Crippen LogP contribution in [0.15, 0.2) is 47.4 Å². The quantitative estimate of drug-likeness (QED) is 0.750. The van der Waals surface area contributed by atoms with Crippen molar-refractivity contribution in [3.63, 3.8) is 0 Å². The summed E-state index contributed by atoms with van der Waals surface area (Å²) in [4.78, 5) is 13.5. The lowest BCUT2D eigenvalue weighted by Gasteiger charge is -2.38. The number of fused-ring (bicyclic) bond motifs is 1. The number of benzene rings is 2. The fourth-order valence-electron chi connectivity index (χ4n) is 3.00. The van der Waals surface area contributed by atoms with E-state index in [9.17, 15) is 4.79 Å². The Morgan fingerprint density at radius 3 is 2.72 bits per heavy atom. The van der Waals surface area contributed by atoms with Crippen LogP contribution in [-0.4, -0.2) is 17.3 Å². The van der Waals surface area contributed by atoms with Gasteiger partial charge in [-0.15, -0.1) is 11.8 Å². The summed E-state index contributed by atoms with van der Waals surface area (Å²) in [6.45, 7) is 6.15. The fourth-order valence-corrected chi connectivity index (χ4v) is 3.84. The van der Waals surface area contributed by atoms with Gasteiger partial charge in [-0.25, -0.2) is 0 Å². The number of ether oxygens (including phenoxy) is 1. The highest BCUT2D eigenvalue weighted by Gasteiger charge is 2.34. The summed E-state index contributed by atoms with van der Waals surface area (Å²) >= 11 is 7.40. The van der Waals surface area contributed by atoms with Crippen molar-refractivity contribution in [3.8, 4) is 5.75 Å². The molecule has 0 saturated carbocycles. The zero-order chi connectivity index (χ0) is 18.0. The Balaban J connectivity index is 1.67. The van der Waals surface area contributed by atoms with Gasteiger partial charge in [0.25, 0.3) is 0 Å². The maximum absolute atomic E-state index is 12.4. The van der Waals surface area contributed by atoms with Gasteiger partial charge in [-0.1, -0.05) is 23.7 Å². The molecule has 0 aliphatic carbocycles. The van der Waals surface area contributed by atoms with Gasteiger partial charge in [0.05, 0.1) is 11.8 Å². The van der Waals surface area contributed by atoms with E-state index in [1.165, 1.54) is 11.8 Å². The highest BCUT2D eigenvalue weighted by Crippen LogP contribution is 2.40. The molecular formula is C20H22ClNO2S. The van der Waals surface area contributed by atoms with Crippen LogP contribution in [0.5, 0.6) is 5.75 Å². The third kappa shape index (κ3) is 4.71. The normalized spacial score (nSPS) is 18.2. The van der Waals surface area contributed by atoms with Crippen LogP contribution < -0.4 is 10.1 Å². The first kappa shape index (κ1) is 18.2. The molecule has 1 heterocycles. The topological polar surface area (TPSA) is 38.3 Å². The number of halogens is 1. The van der Waals surface area contributed by atoms with E-state index >= 15 is 0 Å². The molecule has 0 spiro atoms. The number of hydrogen-bond donors (Lipinski definition) is 1. The van der Waals surface area contributed by atoms with Crippen molar-refractivity contribution in [3.05, 3.63) is 58.6 Å². The predicted octanol–water partition coefficient (Wildman–Crippen LogP) is 5.16. The average molecular weight is 376 g/mol. The Kier molecular flexibility index (Phi) is 5.30. The van der Waals surface area contributed by atoms with Crippen molar-refractivity contribution in [2.75, 3.05) is 5.75 Å². The Bertz CT molecular complexity index is 774. The first-order valence-electron chi connectivity index (χ1n) is 8.30. The molecule has 0 saturated heterocycles. The number of nitrogens with one attached hydrogen (secondary N) is 1. The van der Waals surface area contributed by atoms with Gasteiger partial charge in [0, 0.05) is 21.9 Å². The Hall–Kier alpha value is -1.65. The van der Waals surface area contributed by atoms with Gasteiger partial charge in [0.2, 0.25) is 5.91 Å². The molecule has 2 aromatic carbocycles. The van der Waals surface area contributed by atoms with Crippen LogP contribution in [0.25, 0.3) is 0 Å². The van der Waals surface area contributed by atoms with Crippen molar-refractivity contribution in [1.82, 2.24) is 5.32 Å². The lowest BCUT2D eigenvalue weighted by molar-refractivity contribution is -0.119. The summed E-state index contributed by atoms with van der Waals surface area (Å²) in [5.41, 5.74) is 1.90. The second-order valence-corrected chi connectivity index (χ2v) is 8.46. The zero-order valence-electron chi connectivity index (χ0n) is 14.6. The molecule has 0 aromatic heterocycles. The minimum Gasteiger partial charge on any atom is -0.487 e. The summed E-state index contributed by atoms with van der Waals surface area (Å²) in [6.07, 6.45) is 0.750. The molecule has 1 aliphatic rings. The van der Waals surface area contributed by atoms with E-state index in [0.717, 1.165) is 28.2 Å². The maximum Gasteiger partial charge on any atom is 0.230 e. The lowest BCUT2D eigenvalue weighted by Crippen LogP contribution is -2.41. The molecule has 1 unspecified atom stereocenters. The monoisotopic (exact) mass is 375 g/mol. The van der Waals surface area contributed by atoms with Gasteiger partial charge < -0.3 is 10.1 Å². The molecular weight excluding hydrogens is 354 g/mol. The molecule has 5 heteroatoms. The van der Waals surface area contributed by atoms with Crippen LogP contribution in [0.1, 0.15) is 37.4 Å². The molecule has 0 bridgehead atoms. The van der Waals surface area contributed by atoms with Crippen LogP contribution in [0.2, 0.25) is 5.02 Å². The van der Waals surface area contributed by atoms with Crippen molar-refractivity contribution in [2.24, 2.45) is 0 Å². The maximum atomic E-state index is 12.4. The Labute approximate surface area is 158 Å². The second-order valence-electron chi connectivity index (χ2n) is 6.97. The number of rotatable bonds is 4. The SMILES string of the molecule is Cc1ccc2c(c1)OC(C)(C)CC2NC(=O)CSc1ccc(Cl)cc1. The minimum absolute atomic E-state index is 0.0224. The minimum atomic E-state index is -0.304. The van der Waals surface area contributed by atoms with Crippen molar-refractivity contribution < 1.29 is 9.53 Å². The third-order valence-electron chi connectivity index (χ3n) is 4.15. The Morgan fingerprint density at radius 2 is 2.00 bits per heavy atom. The van der Waals surface area contributed by atoms with Crippen molar-refractivity contribution in [2.45, 2.75) is 43.7 Å². The van der Waals surface area contributed by atoms with E-state index in [2.05, 4.69) is 31.3 Å². The van der Waals surface area contributed by atoms with E-state index in [-0.39, 0.29) is 17.6 Å². The van der Waals surface area contributed by atoms with Gasteiger partial charge in [0.1, 0.15) is 11.4 Å². The van der Waals surface area contributed by atoms with Crippen LogP contribution in [-0.2, 0) is 4.79 Å². The zero-order valence-corrected chi connectivity index (χ0v) is 16.2. The highest BCUT2D eigenvalue weighted by molar-refractivity contribution is 8.00. The summed E-state index contributed by atoms with van der Waals surface area (Å²) in [5.74, 6) is 1.27. The van der Waals surface area contributed by atoms with E-state index in [1.807, 2.05) is 37.3 Å². The van der Waals surface area contributed by atoms with Gasteiger partial charge in [-0.3, -0.25) is 4.79 Å². The number of hydrogen-bond acceptors (Lipinski definition) is 3. The van der Waals surface area contributed by atoms with E-state index < -0.39 is 0 Å². The molecule has 1 atom stereocenters. The van der Waals surface area contributed by atoms with E-state index in [4.69, 9.17) is 16.3 Å². The van der Waals surface area contributed by atoms with E-state index in [1.54, 1.807) is 0 Å². The number of amides is 1. The summed E-state index contributed by atoms with van der Waals surface area (Å²) in [7, 11) is 0. The van der Waals surface area contributed by atoms with Gasteiger partial charge in [-0.2, -0.15) is 0 Å². The molecule has 3 rings (SSSR count). The summed E-state index contributed by atoms with van der Waals surface area (Å²) in [6, 6.07) is 13.6. The molecule has 1 aliphatic heterocycles. The summed E-state index contributed by atoms with van der Waals surface area (Å²) < 4.78 is 6.08. The molecule has 3 nitrogen and oxygen atoms in total.